The van der Waals surface area contributed by atoms with Crippen molar-refractivity contribution in [3.05, 3.63) is 24.5 Å². The van der Waals surface area contributed by atoms with Crippen LogP contribution in [0.15, 0.2) is 18.9 Å². The van der Waals surface area contributed by atoms with Crippen molar-refractivity contribution in [3.8, 4) is 0 Å². The van der Waals surface area contributed by atoms with Gasteiger partial charge in [0.2, 0.25) is 5.91 Å². The molecular formula is C14H22N4O2. The molecule has 0 saturated heterocycles. The van der Waals surface area contributed by atoms with E-state index in [1.165, 1.54) is 6.08 Å². The number of rotatable bonds is 4. The van der Waals surface area contributed by atoms with Crippen molar-refractivity contribution < 1.29 is 9.90 Å². The number of nitrogens with zero attached hydrogens (tertiary/aromatic N) is 3. The van der Waals surface area contributed by atoms with Crippen LogP contribution in [0, 0.1) is 0 Å². The van der Waals surface area contributed by atoms with Gasteiger partial charge in [0.25, 0.3) is 0 Å². The van der Waals surface area contributed by atoms with Gasteiger partial charge in [0.1, 0.15) is 11.3 Å². The standard InChI is InChI=1S/C14H22N4O2/c1-4-13(19)15-10-7-5-6-8-11(10)18-9-12(16-17-18)14(2,3)20/h4,9-11,20H,1,5-8H2,2-3H3,(H,15,19)/t10-,11+/m0/s1. The number of amides is 1. The molecule has 20 heavy (non-hydrogen) atoms. The third-order valence-electron chi connectivity index (χ3n) is 3.72. The Bertz CT molecular complexity index is 490. The predicted molar refractivity (Wildman–Crippen MR) is 74.9 cm³/mol. The first-order chi connectivity index (χ1) is 9.41. The van der Waals surface area contributed by atoms with E-state index in [0.717, 1.165) is 25.7 Å². The van der Waals surface area contributed by atoms with E-state index in [4.69, 9.17) is 0 Å². The predicted octanol–water partition coefficient (Wildman–Crippen LogP) is 1.29. The summed E-state index contributed by atoms with van der Waals surface area (Å²) in [4.78, 5) is 11.5. The molecule has 6 heteroatoms. The summed E-state index contributed by atoms with van der Waals surface area (Å²) < 4.78 is 1.76. The van der Waals surface area contributed by atoms with Crippen molar-refractivity contribution in [2.45, 2.75) is 57.2 Å². The summed E-state index contributed by atoms with van der Waals surface area (Å²) >= 11 is 0. The Morgan fingerprint density at radius 3 is 2.85 bits per heavy atom. The molecule has 2 atom stereocenters. The van der Waals surface area contributed by atoms with Gasteiger partial charge in [-0.25, -0.2) is 4.68 Å². The minimum atomic E-state index is -1.01. The molecule has 6 nitrogen and oxygen atoms in total. The van der Waals surface area contributed by atoms with E-state index in [1.807, 2.05) is 0 Å². The van der Waals surface area contributed by atoms with Crippen LogP contribution in [-0.4, -0.2) is 32.0 Å². The largest absolute Gasteiger partial charge is 0.384 e. The highest BCUT2D eigenvalue weighted by Crippen LogP contribution is 2.29. The Balaban J connectivity index is 2.17. The van der Waals surface area contributed by atoms with Crippen molar-refractivity contribution in [1.29, 1.82) is 0 Å². The van der Waals surface area contributed by atoms with Crippen molar-refractivity contribution in [2.24, 2.45) is 0 Å². The first kappa shape index (κ1) is 14.7. The van der Waals surface area contributed by atoms with Gasteiger partial charge < -0.3 is 10.4 Å². The van der Waals surface area contributed by atoms with Gasteiger partial charge in [-0.05, 0) is 32.8 Å². The molecule has 1 aromatic heterocycles. The number of nitrogens with one attached hydrogen (secondary N) is 1. The lowest BCUT2D eigenvalue weighted by Crippen LogP contribution is -2.42. The molecule has 0 aromatic carbocycles. The highest BCUT2D eigenvalue weighted by atomic mass is 16.3. The number of carbonyl (C=O) groups excluding carboxylic acids is 1. The average molecular weight is 278 g/mol. The lowest BCUT2D eigenvalue weighted by atomic mass is 9.90. The van der Waals surface area contributed by atoms with Crippen LogP contribution in [-0.2, 0) is 10.4 Å². The average Bonchev–Trinajstić information content (AvgIpc) is 2.88. The second kappa shape index (κ2) is 5.75. The van der Waals surface area contributed by atoms with Crippen LogP contribution < -0.4 is 5.32 Å². The smallest absolute Gasteiger partial charge is 0.243 e. The number of carbonyl (C=O) groups is 1. The van der Waals surface area contributed by atoms with E-state index in [2.05, 4.69) is 22.2 Å². The second-order valence-corrected chi connectivity index (χ2v) is 5.81. The quantitative estimate of drug-likeness (QED) is 0.813. The fourth-order valence-electron chi connectivity index (χ4n) is 2.56. The van der Waals surface area contributed by atoms with E-state index in [-0.39, 0.29) is 18.0 Å². The van der Waals surface area contributed by atoms with Gasteiger partial charge in [0.05, 0.1) is 18.3 Å². The number of aliphatic hydroxyl groups is 1. The van der Waals surface area contributed by atoms with Gasteiger partial charge in [-0.2, -0.15) is 0 Å². The molecule has 0 unspecified atom stereocenters. The Morgan fingerprint density at radius 1 is 1.55 bits per heavy atom. The molecular weight excluding hydrogens is 256 g/mol. The minimum absolute atomic E-state index is 0.0330. The van der Waals surface area contributed by atoms with Crippen LogP contribution in [0.4, 0.5) is 0 Å². The summed E-state index contributed by atoms with van der Waals surface area (Å²) in [5, 5.41) is 21.1. The van der Waals surface area contributed by atoms with Crippen molar-refractivity contribution in [3.63, 3.8) is 0 Å². The summed E-state index contributed by atoms with van der Waals surface area (Å²) in [5.74, 6) is -0.162. The van der Waals surface area contributed by atoms with Crippen molar-refractivity contribution in [2.75, 3.05) is 0 Å². The summed E-state index contributed by atoms with van der Waals surface area (Å²) in [6, 6.07) is 0.113. The Hall–Kier alpha value is -1.69. The van der Waals surface area contributed by atoms with Crippen LogP contribution >= 0.6 is 0 Å². The lowest BCUT2D eigenvalue weighted by Gasteiger charge is -2.31. The Morgan fingerprint density at radius 2 is 2.25 bits per heavy atom. The molecule has 1 aliphatic rings. The lowest BCUT2D eigenvalue weighted by molar-refractivity contribution is -0.117. The van der Waals surface area contributed by atoms with Gasteiger partial charge >= 0.3 is 0 Å². The molecule has 1 heterocycles. The second-order valence-electron chi connectivity index (χ2n) is 5.81. The summed E-state index contributed by atoms with van der Waals surface area (Å²) in [5.41, 5.74) is -0.468. The number of hydrogen-bond donors (Lipinski definition) is 2. The van der Waals surface area contributed by atoms with E-state index in [1.54, 1.807) is 24.7 Å². The van der Waals surface area contributed by atoms with Crippen molar-refractivity contribution in [1.82, 2.24) is 20.3 Å². The van der Waals surface area contributed by atoms with Crippen LogP contribution in [0.1, 0.15) is 51.3 Å². The van der Waals surface area contributed by atoms with E-state index in [0.29, 0.717) is 5.69 Å². The van der Waals surface area contributed by atoms with E-state index in [9.17, 15) is 9.90 Å². The molecule has 2 rings (SSSR count). The maximum atomic E-state index is 11.5. The Kier molecular flexibility index (Phi) is 4.23. The summed E-state index contributed by atoms with van der Waals surface area (Å²) in [6.45, 7) is 6.84. The van der Waals surface area contributed by atoms with Crippen molar-refractivity contribution >= 4 is 5.91 Å². The molecule has 1 fully saturated rings. The minimum Gasteiger partial charge on any atom is -0.384 e. The number of aromatic nitrogens is 3. The van der Waals surface area contributed by atoms with Gasteiger partial charge in [-0.15, -0.1) is 5.10 Å². The molecule has 1 amide bonds. The monoisotopic (exact) mass is 278 g/mol. The fourth-order valence-corrected chi connectivity index (χ4v) is 2.56. The van der Waals surface area contributed by atoms with E-state index >= 15 is 0 Å². The zero-order valence-electron chi connectivity index (χ0n) is 12.0. The SMILES string of the molecule is C=CC(=O)N[C@H]1CCCC[C@H]1n1cc(C(C)(C)O)nn1. The van der Waals surface area contributed by atoms with E-state index < -0.39 is 5.60 Å². The molecule has 1 saturated carbocycles. The maximum Gasteiger partial charge on any atom is 0.243 e. The van der Waals surface area contributed by atoms with Gasteiger partial charge in [0, 0.05) is 0 Å². The maximum absolute atomic E-state index is 11.5. The molecule has 2 N–H and O–H groups in total. The zero-order valence-corrected chi connectivity index (χ0v) is 12.0. The molecule has 0 aliphatic heterocycles. The fraction of sp³-hybridized carbons (Fsp3) is 0.643. The third-order valence-corrected chi connectivity index (χ3v) is 3.72. The third kappa shape index (κ3) is 3.25. The highest BCUT2D eigenvalue weighted by Gasteiger charge is 2.30. The summed E-state index contributed by atoms with van der Waals surface area (Å²) in [7, 11) is 0. The molecule has 110 valence electrons. The molecule has 1 aliphatic carbocycles. The molecule has 1 aromatic rings. The normalized spacial score (nSPS) is 23.4. The van der Waals surface area contributed by atoms with Crippen LogP contribution in [0.25, 0.3) is 0 Å². The van der Waals surface area contributed by atoms with Crippen LogP contribution in [0.3, 0.4) is 0 Å². The summed E-state index contributed by atoms with van der Waals surface area (Å²) in [6.07, 6.45) is 7.10. The Labute approximate surface area is 118 Å². The molecule has 0 bridgehead atoms. The van der Waals surface area contributed by atoms with Gasteiger partial charge in [0.15, 0.2) is 0 Å². The molecule has 0 radical (unpaired) electrons. The highest BCUT2D eigenvalue weighted by molar-refractivity contribution is 5.87. The van der Waals surface area contributed by atoms with Crippen LogP contribution in [0.5, 0.6) is 0 Å². The first-order valence-electron chi connectivity index (χ1n) is 6.99. The van der Waals surface area contributed by atoms with Gasteiger partial charge in [-0.1, -0.05) is 24.6 Å². The number of hydrogen-bond acceptors (Lipinski definition) is 4. The molecule has 0 spiro atoms. The topological polar surface area (TPSA) is 80.0 Å². The van der Waals surface area contributed by atoms with Gasteiger partial charge in [-0.3, -0.25) is 4.79 Å². The zero-order chi connectivity index (χ0) is 14.8. The first-order valence-corrected chi connectivity index (χ1v) is 6.99. The van der Waals surface area contributed by atoms with Crippen LogP contribution in [0.2, 0.25) is 0 Å².